The van der Waals surface area contributed by atoms with E-state index in [0.717, 1.165) is 0 Å². The lowest BCUT2D eigenvalue weighted by Crippen LogP contribution is -2.83. The molecule has 0 aliphatic carbocycles. The lowest BCUT2D eigenvalue weighted by molar-refractivity contribution is 0.464. The Bertz CT molecular complexity index is 554. The van der Waals surface area contributed by atoms with Crippen molar-refractivity contribution in [1.82, 2.24) is 4.57 Å². The standard InChI is InChI=1S/C22H41NSi3/c1-5-23(6-2)25-18-12-8-14-20-26(25,21-15-9-13-19-25)24(3,4)22-16-10-7-11-17-22/h7,10-11,16-17H,5-6,8-9,12-15,18-21H2,1-4H3. The highest BCUT2D eigenvalue weighted by Gasteiger charge is 2.64. The molecule has 0 N–H and O–H groups in total. The molecule has 3 rings (SSSR count). The Morgan fingerprint density at radius 3 is 1.77 bits per heavy atom. The molecule has 0 radical (unpaired) electrons. The van der Waals surface area contributed by atoms with Gasteiger partial charge >= 0.3 is 0 Å². The third-order valence-corrected chi connectivity index (χ3v) is 49.6. The van der Waals surface area contributed by atoms with Crippen LogP contribution in [0.15, 0.2) is 30.3 Å². The second kappa shape index (κ2) is 8.46. The normalized spacial score (nSPS) is 30.5. The minimum Gasteiger partial charge on any atom is -0.326 e. The van der Waals surface area contributed by atoms with Gasteiger partial charge in [0.2, 0.25) is 0 Å². The first kappa shape index (κ1) is 20.6. The lowest BCUT2D eigenvalue weighted by Gasteiger charge is -2.59. The molecular weight excluding hydrogens is 363 g/mol. The van der Waals surface area contributed by atoms with Crippen molar-refractivity contribution in [2.45, 2.75) is 89.6 Å². The van der Waals surface area contributed by atoms with Gasteiger partial charge in [0.15, 0.2) is 0 Å². The van der Waals surface area contributed by atoms with Crippen LogP contribution < -0.4 is 5.19 Å². The van der Waals surface area contributed by atoms with E-state index in [-0.39, 0.29) is 0 Å². The van der Waals surface area contributed by atoms with Gasteiger partial charge in [0.25, 0.3) is 0 Å². The number of rotatable bonds is 5. The minimum atomic E-state index is -1.43. The molecule has 2 heterocycles. The summed E-state index contributed by atoms with van der Waals surface area (Å²) in [5.41, 5.74) is 0. The Morgan fingerprint density at radius 2 is 1.27 bits per heavy atom. The molecule has 4 heteroatoms. The molecule has 2 saturated heterocycles. The zero-order valence-corrected chi connectivity index (χ0v) is 20.8. The van der Waals surface area contributed by atoms with Crippen LogP contribution in [-0.2, 0) is 0 Å². The van der Waals surface area contributed by atoms with Gasteiger partial charge < -0.3 is 4.57 Å². The van der Waals surface area contributed by atoms with E-state index < -0.39 is 22.5 Å². The van der Waals surface area contributed by atoms with Crippen LogP contribution in [0.2, 0.25) is 37.3 Å². The summed E-state index contributed by atoms with van der Waals surface area (Å²) in [5, 5.41) is 1.79. The maximum Gasteiger partial charge on any atom is 0.116 e. The molecular formula is C22H41NSi3. The highest BCUT2D eigenvalue weighted by molar-refractivity contribution is 7.71. The molecule has 2 aliphatic heterocycles. The van der Waals surface area contributed by atoms with E-state index in [2.05, 4.69) is 61.8 Å². The van der Waals surface area contributed by atoms with Crippen molar-refractivity contribution in [1.29, 1.82) is 0 Å². The van der Waals surface area contributed by atoms with Crippen LogP contribution in [-0.4, -0.2) is 40.1 Å². The molecule has 0 bridgehead atoms. The van der Waals surface area contributed by atoms with Gasteiger partial charge in [-0.2, -0.15) is 0 Å². The van der Waals surface area contributed by atoms with Crippen LogP contribution in [0.5, 0.6) is 0 Å². The smallest absolute Gasteiger partial charge is 0.116 e. The largest absolute Gasteiger partial charge is 0.326 e. The number of fused-ring (bicyclic) bond motifs is 1. The van der Waals surface area contributed by atoms with E-state index in [4.69, 9.17) is 0 Å². The Morgan fingerprint density at radius 1 is 0.769 bits per heavy atom. The quantitative estimate of drug-likeness (QED) is 0.556. The average molecular weight is 404 g/mol. The van der Waals surface area contributed by atoms with E-state index in [1.807, 2.05) is 0 Å². The molecule has 146 valence electrons. The van der Waals surface area contributed by atoms with Crippen molar-refractivity contribution in [3.8, 4) is 0 Å². The van der Waals surface area contributed by atoms with Gasteiger partial charge in [0.1, 0.15) is 7.75 Å². The molecule has 1 nitrogen and oxygen atoms in total. The van der Waals surface area contributed by atoms with Crippen molar-refractivity contribution in [3.63, 3.8) is 0 Å². The molecule has 0 amide bonds. The van der Waals surface area contributed by atoms with E-state index in [9.17, 15) is 0 Å². The molecule has 0 spiro atoms. The van der Waals surface area contributed by atoms with Crippen LogP contribution in [0.3, 0.4) is 0 Å². The number of hydrogen-bond donors (Lipinski definition) is 0. The molecule has 1 aromatic carbocycles. The summed E-state index contributed by atoms with van der Waals surface area (Å²) in [6, 6.07) is 18.5. The summed E-state index contributed by atoms with van der Waals surface area (Å²) in [6.45, 7) is 13.2. The van der Waals surface area contributed by atoms with Crippen molar-refractivity contribution in [2.24, 2.45) is 0 Å². The predicted octanol–water partition coefficient (Wildman–Crippen LogP) is 5.86. The number of nitrogens with zero attached hydrogens (tertiary/aromatic N) is 1. The van der Waals surface area contributed by atoms with Gasteiger partial charge in [-0.05, 0) is 25.2 Å². The van der Waals surface area contributed by atoms with Crippen LogP contribution in [0.25, 0.3) is 0 Å². The Kier molecular flexibility index (Phi) is 6.69. The predicted molar refractivity (Wildman–Crippen MR) is 125 cm³/mol. The van der Waals surface area contributed by atoms with Gasteiger partial charge in [-0.25, -0.2) is 0 Å². The van der Waals surface area contributed by atoms with Gasteiger partial charge in [-0.3, -0.25) is 0 Å². The monoisotopic (exact) mass is 403 g/mol. The average Bonchev–Trinajstić information content (AvgIpc) is 2.95. The molecule has 2 aliphatic rings. The molecule has 0 saturated carbocycles. The highest BCUT2D eigenvalue weighted by Crippen LogP contribution is 2.49. The SMILES string of the molecule is CCN(CC)[Si]12CCCCC[Si]1([Si](C)(C)c1ccccc1)CCCCC2. The minimum absolute atomic E-state index is 1.32. The third kappa shape index (κ3) is 3.25. The first-order valence-corrected chi connectivity index (χ1v) is 21.1. The van der Waals surface area contributed by atoms with E-state index in [1.165, 1.54) is 38.8 Å². The topological polar surface area (TPSA) is 3.24 Å². The fourth-order valence-corrected chi connectivity index (χ4v) is 55.7. The first-order chi connectivity index (χ1) is 12.5. The second-order valence-corrected chi connectivity index (χ2v) is 33.9. The van der Waals surface area contributed by atoms with Crippen molar-refractivity contribution < 1.29 is 0 Å². The van der Waals surface area contributed by atoms with Crippen molar-refractivity contribution in [3.05, 3.63) is 30.3 Å². The maximum atomic E-state index is 3.13. The third-order valence-electron chi connectivity index (χ3n) is 8.34. The first-order valence-electron chi connectivity index (χ1n) is 11.3. The number of hydrogen-bond acceptors (Lipinski definition) is 1. The zero-order chi connectivity index (χ0) is 18.7. The van der Waals surface area contributed by atoms with E-state index in [0.29, 0.717) is 0 Å². The molecule has 0 aromatic heterocycles. The van der Waals surface area contributed by atoms with Gasteiger partial charge in [-0.15, -0.1) is 0 Å². The van der Waals surface area contributed by atoms with Crippen LogP contribution >= 0.6 is 0 Å². The second-order valence-electron chi connectivity index (χ2n) is 9.40. The van der Waals surface area contributed by atoms with Crippen molar-refractivity contribution >= 4 is 27.6 Å². The summed E-state index contributed by atoms with van der Waals surface area (Å²) in [7, 11) is -4.12. The summed E-state index contributed by atoms with van der Waals surface area (Å²) >= 11 is 0. The van der Waals surface area contributed by atoms with E-state index in [1.54, 1.807) is 42.2 Å². The summed E-state index contributed by atoms with van der Waals surface area (Å²) < 4.78 is 3.13. The van der Waals surface area contributed by atoms with Gasteiger partial charge in [0, 0.05) is 0 Å². The zero-order valence-electron chi connectivity index (χ0n) is 17.8. The molecule has 1 aromatic rings. The Balaban J connectivity index is 2.21. The maximum absolute atomic E-state index is 3.13. The lowest BCUT2D eigenvalue weighted by atomic mass is 10.3. The fraction of sp³-hybridized carbons (Fsp3) is 0.727. The van der Waals surface area contributed by atoms with Crippen LogP contribution in [0, 0.1) is 0 Å². The Hall–Kier alpha value is -0.169. The summed E-state index contributed by atoms with van der Waals surface area (Å²) in [4.78, 5) is 0. The Labute approximate surface area is 165 Å². The molecule has 0 atom stereocenters. The van der Waals surface area contributed by atoms with Gasteiger partial charge in [-0.1, -0.05) is 113 Å². The van der Waals surface area contributed by atoms with E-state index >= 15 is 0 Å². The van der Waals surface area contributed by atoms with Crippen molar-refractivity contribution in [2.75, 3.05) is 13.1 Å². The molecule has 26 heavy (non-hydrogen) atoms. The summed E-state index contributed by atoms with van der Waals surface area (Å²) in [6.07, 6.45) is 9.21. The molecule has 2 fully saturated rings. The van der Waals surface area contributed by atoms with Gasteiger partial charge in [0.05, 0.1) is 14.7 Å². The molecule has 0 unspecified atom stereocenters. The number of benzene rings is 1. The highest BCUT2D eigenvalue weighted by atomic mass is 29.6. The summed E-state index contributed by atoms with van der Waals surface area (Å²) in [5.74, 6) is 0. The van der Waals surface area contributed by atoms with Crippen LogP contribution in [0.4, 0.5) is 0 Å². The fourth-order valence-electron chi connectivity index (χ4n) is 7.02. The van der Waals surface area contributed by atoms with Crippen LogP contribution in [0.1, 0.15) is 52.4 Å².